The third-order valence-electron chi connectivity index (χ3n) is 3.76. The van der Waals surface area contributed by atoms with Gasteiger partial charge in [-0.1, -0.05) is 0 Å². The van der Waals surface area contributed by atoms with Crippen LogP contribution in [0.2, 0.25) is 0 Å². The zero-order valence-electron chi connectivity index (χ0n) is 11.8. The zero-order chi connectivity index (χ0) is 14.7. The van der Waals surface area contributed by atoms with Crippen molar-refractivity contribution in [1.82, 2.24) is 4.90 Å². The molecule has 3 rings (SSSR count). The predicted molar refractivity (Wildman–Crippen MR) is 78.4 cm³/mol. The van der Waals surface area contributed by atoms with Gasteiger partial charge in [-0.25, -0.2) is 0 Å². The summed E-state index contributed by atoms with van der Waals surface area (Å²) in [4.78, 5) is 12.8. The SMILES string of the molecule is O=[N+]([O-])c1ccc2oc(CCCN3CCOCC3)cc2c1. The van der Waals surface area contributed by atoms with Gasteiger partial charge in [-0.2, -0.15) is 0 Å². The van der Waals surface area contributed by atoms with Crippen molar-refractivity contribution in [3.63, 3.8) is 0 Å². The Balaban J connectivity index is 1.60. The molecule has 21 heavy (non-hydrogen) atoms. The van der Waals surface area contributed by atoms with Gasteiger partial charge in [0.2, 0.25) is 0 Å². The Morgan fingerprint density at radius 1 is 1.24 bits per heavy atom. The molecule has 0 radical (unpaired) electrons. The molecular weight excluding hydrogens is 272 g/mol. The number of ether oxygens (including phenoxy) is 1. The van der Waals surface area contributed by atoms with E-state index in [0.29, 0.717) is 5.58 Å². The number of aryl methyl sites for hydroxylation is 1. The fourth-order valence-electron chi connectivity index (χ4n) is 2.62. The summed E-state index contributed by atoms with van der Waals surface area (Å²) in [6.07, 6.45) is 1.86. The number of rotatable bonds is 5. The number of fused-ring (bicyclic) bond motifs is 1. The Labute approximate surface area is 122 Å². The smallest absolute Gasteiger partial charge is 0.270 e. The summed E-state index contributed by atoms with van der Waals surface area (Å²) in [6, 6.07) is 6.61. The highest BCUT2D eigenvalue weighted by atomic mass is 16.6. The summed E-state index contributed by atoms with van der Waals surface area (Å²) in [5, 5.41) is 11.6. The Bertz CT molecular complexity index is 632. The highest BCUT2D eigenvalue weighted by Gasteiger charge is 2.12. The topological polar surface area (TPSA) is 68.8 Å². The molecule has 0 unspecified atom stereocenters. The maximum Gasteiger partial charge on any atom is 0.270 e. The van der Waals surface area contributed by atoms with Gasteiger partial charge >= 0.3 is 0 Å². The Morgan fingerprint density at radius 3 is 2.81 bits per heavy atom. The first kappa shape index (κ1) is 14.0. The van der Waals surface area contributed by atoms with Crippen LogP contribution >= 0.6 is 0 Å². The number of morpholine rings is 1. The van der Waals surface area contributed by atoms with Crippen LogP contribution in [0.1, 0.15) is 12.2 Å². The van der Waals surface area contributed by atoms with Crippen molar-refractivity contribution in [2.45, 2.75) is 12.8 Å². The first-order chi connectivity index (χ1) is 10.2. The summed E-state index contributed by atoms with van der Waals surface area (Å²) in [7, 11) is 0. The number of nitro groups is 1. The van der Waals surface area contributed by atoms with Gasteiger partial charge in [0.1, 0.15) is 11.3 Å². The normalized spacial score (nSPS) is 16.4. The molecule has 112 valence electrons. The fourth-order valence-corrected chi connectivity index (χ4v) is 2.62. The molecule has 1 saturated heterocycles. The third kappa shape index (κ3) is 3.40. The Hall–Kier alpha value is -1.92. The molecule has 6 heteroatoms. The first-order valence-electron chi connectivity index (χ1n) is 7.19. The first-order valence-corrected chi connectivity index (χ1v) is 7.19. The van der Waals surface area contributed by atoms with E-state index in [-0.39, 0.29) is 10.6 Å². The average molecular weight is 290 g/mol. The maximum absolute atomic E-state index is 10.8. The second kappa shape index (κ2) is 6.24. The lowest BCUT2D eigenvalue weighted by molar-refractivity contribution is -0.384. The van der Waals surface area contributed by atoms with Crippen LogP contribution in [0.15, 0.2) is 28.7 Å². The second-order valence-corrected chi connectivity index (χ2v) is 5.25. The minimum Gasteiger partial charge on any atom is -0.461 e. The van der Waals surface area contributed by atoms with Crippen LogP contribution in [-0.2, 0) is 11.2 Å². The Kier molecular flexibility index (Phi) is 4.17. The number of hydrogen-bond donors (Lipinski definition) is 0. The van der Waals surface area contributed by atoms with Crippen LogP contribution in [-0.4, -0.2) is 42.7 Å². The van der Waals surface area contributed by atoms with Gasteiger partial charge in [0.15, 0.2) is 0 Å². The van der Waals surface area contributed by atoms with Crippen molar-refractivity contribution in [1.29, 1.82) is 0 Å². The lowest BCUT2D eigenvalue weighted by Crippen LogP contribution is -2.36. The van der Waals surface area contributed by atoms with E-state index in [2.05, 4.69) is 4.90 Å². The molecule has 0 atom stereocenters. The van der Waals surface area contributed by atoms with Crippen LogP contribution in [0, 0.1) is 10.1 Å². The van der Waals surface area contributed by atoms with Gasteiger partial charge in [-0.05, 0) is 25.1 Å². The molecule has 2 heterocycles. The van der Waals surface area contributed by atoms with Crippen molar-refractivity contribution >= 4 is 16.7 Å². The lowest BCUT2D eigenvalue weighted by Gasteiger charge is -2.26. The van der Waals surface area contributed by atoms with Gasteiger partial charge in [-0.3, -0.25) is 15.0 Å². The molecule has 1 aliphatic heterocycles. The van der Waals surface area contributed by atoms with E-state index in [1.54, 1.807) is 12.1 Å². The van der Waals surface area contributed by atoms with Crippen LogP contribution in [0.5, 0.6) is 0 Å². The molecule has 1 fully saturated rings. The van der Waals surface area contributed by atoms with Gasteiger partial charge in [0.05, 0.1) is 18.1 Å². The minimum absolute atomic E-state index is 0.100. The highest BCUT2D eigenvalue weighted by Crippen LogP contribution is 2.24. The third-order valence-corrected chi connectivity index (χ3v) is 3.76. The molecule has 1 aliphatic rings. The van der Waals surface area contributed by atoms with E-state index in [0.717, 1.165) is 56.8 Å². The molecule has 6 nitrogen and oxygen atoms in total. The molecule has 0 saturated carbocycles. The van der Waals surface area contributed by atoms with Crippen LogP contribution in [0.4, 0.5) is 5.69 Å². The number of hydrogen-bond acceptors (Lipinski definition) is 5. The number of non-ortho nitro benzene ring substituents is 1. The standard InChI is InChI=1S/C15H18N2O4/c18-17(19)13-3-4-15-12(10-13)11-14(21-15)2-1-5-16-6-8-20-9-7-16/h3-4,10-11H,1-2,5-9H2. The molecule has 1 aromatic heterocycles. The van der Waals surface area contributed by atoms with E-state index in [4.69, 9.17) is 9.15 Å². The monoisotopic (exact) mass is 290 g/mol. The van der Waals surface area contributed by atoms with Crippen LogP contribution < -0.4 is 0 Å². The molecule has 2 aromatic rings. The summed E-state index contributed by atoms with van der Waals surface area (Å²) < 4.78 is 11.0. The van der Waals surface area contributed by atoms with Crippen molar-refractivity contribution < 1.29 is 14.1 Å². The summed E-state index contributed by atoms with van der Waals surface area (Å²) in [5.74, 6) is 0.888. The lowest BCUT2D eigenvalue weighted by atomic mass is 10.2. The highest BCUT2D eigenvalue weighted by molar-refractivity contribution is 5.80. The van der Waals surface area contributed by atoms with E-state index in [1.807, 2.05) is 6.07 Å². The van der Waals surface area contributed by atoms with E-state index < -0.39 is 0 Å². The van der Waals surface area contributed by atoms with Gasteiger partial charge < -0.3 is 9.15 Å². The van der Waals surface area contributed by atoms with Crippen molar-refractivity contribution in [3.05, 3.63) is 40.1 Å². The maximum atomic E-state index is 10.8. The van der Waals surface area contributed by atoms with Gasteiger partial charge in [0, 0.05) is 37.0 Å². The molecular formula is C15H18N2O4. The molecule has 1 aromatic carbocycles. The molecule has 0 bridgehead atoms. The molecule has 0 N–H and O–H groups in total. The zero-order valence-corrected chi connectivity index (χ0v) is 11.8. The number of nitrogens with zero attached hydrogens (tertiary/aromatic N) is 2. The van der Waals surface area contributed by atoms with Crippen molar-refractivity contribution in [3.8, 4) is 0 Å². The second-order valence-electron chi connectivity index (χ2n) is 5.25. The van der Waals surface area contributed by atoms with E-state index >= 15 is 0 Å². The van der Waals surface area contributed by atoms with E-state index in [1.165, 1.54) is 6.07 Å². The summed E-state index contributed by atoms with van der Waals surface area (Å²) in [6.45, 7) is 4.64. The van der Waals surface area contributed by atoms with E-state index in [9.17, 15) is 10.1 Å². The number of benzene rings is 1. The minimum atomic E-state index is -0.384. The van der Waals surface area contributed by atoms with Crippen molar-refractivity contribution in [2.24, 2.45) is 0 Å². The van der Waals surface area contributed by atoms with Gasteiger partial charge in [-0.15, -0.1) is 0 Å². The predicted octanol–water partition coefficient (Wildman–Crippen LogP) is 2.61. The number of furan rings is 1. The number of nitro benzene ring substituents is 1. The molecule has 0 aliphatic carbocycles. The van der Waals surface area contributed by atoms with Gasteiger partial charge in [0.25, 0.3) is 5.69 Å². The molecule has 0 spiro atoms. The Morgan fingerprint density at radius 2 is 2.05 bits per heavy atom. The largest absolute Gasteiger partial charge is 0.461 e. The van der Waals surface area contributed by atoms with Crippen LogP contribution in [0.3, 0.4) is 0 Å². The quantitative estimate of drug-likeness (QED) is 0.625. The fraction of sp³-hybridized carbons (Fsp3) is 0.467. The molecule has 0 amide bonds. The van der Waals surface area contributed by atoms with Crippen LogP contribution in [0.25, 0.3) is 11.0 Å². The summed E-state index contributed by atoms with van der Waals surface area (Å²) >= 11 is 0. The summed E-state index contributed by atoms with van der Waals surface area (Å²) in [5.41, 5.74) is 0.810. The average Bonchev–Trinajstić information content (AvgIpc) is 2.90. The van der Waals surface area contributed by atoms with Crippen molar-refractivity contribution in [2.75, 3.05) is 32.8 Å².